The Labute approximate surface area is 66.5 Å². The van der Waals surface area contributed by atoms with Crippen molar-refractivity contribution in [2.24, 2.45) is 5.73 Å². The molecule has 11 heavy (non-hydrogen) atoms. The average Bonchev–Trinajstić information content (AvgIpc) is 2.46. The summed E-state index contributed by atoms with van der Waals surface area (Å²) in [5, 5.41) is 0. The maximum absolute atomic E-state index is 11.2. The third-order valence-corrected chi connectivity index (χ3v) is 3.46. The van der Waals surface area contributed by atoms with Gasteiger partial charge in [-0.3, -0.25) is 9.69 Å². The summed E-state index contributed by atoms with van der Waals surface area (Å²) in [6.07, 6.45) is 4.26. The Balaban J connectivity index is 2.31. The second-order valence-corrected chi connectivity index (χ2v) is 3.74. The zero-order valence-electron chi connectivity index (χ0n) is 6.84. The van der Waals surface area contributed by atoms with Crippen molar-refractivity contribution in [3.63, 3.8) is 0 Å². The highest BCUT2D eigenvalue weighted by Crippen LogP contribution is 2.44. The number of likely N-dealkylation sites (N-methyl/N-ethyl adjacent to an activating group) is 1. The van der Waals surface area contributed by atoms with Crippen LogP contribution in [0.3, 0.4) is 0 Å². The van der Waals surface area contributed by atoms with Crippen LogP contribution in [0, 0.1) is 0 Å². The fourth-order valence-electron chi connectivity index (χ4n) is 2.59. The van der Waals surface area contributed by atoms with E-state index in [-0.39, 0.29) is 11.4 Å². The van der Waals surface area contributed by atoms with Crippen LogP contribution in [-0.2, 0) is 4.79 Å². The number of carbonyl (C=O) groups excluding carboxylic acids is 1. The molecule has 0 radical (unpaired) electrons. The highest BCUT2D eigenvalue weighted by molar-refractivity contribution is 5.85. The summed E-state index contributed by atoms with van der Waals surface area (Å²) >= 11 is 0. The summed E-state index contributed by atoms with van der Waals surface area (Å²) in [6.45, 7) is 0. The lowest BCUT2D eigenvalue weighted by atomic mass is 9.87. The quantitative estimate of drug-likeness (QED) is 0.582. The van der Waals surface area contributed by atoms with Crippen molar-refractivity contribution in [2.45, 2.75) is 37.3 Å². The molecule has 3 nitrogen and oxygen atoms in total. The van der Waals surface area contributed by atoms with Crippen molar-refractivity contribution in [1.29, 1.82) is 0 Å². The van der Waals surface area contributed by atoms with Gasteiger partial charge in [0.15, 0.2) is 0 Å². The number of amides is 1. The molecular weight excluding hydrogens is 140 g/mol. The molecule has 0 aromatic carbocycles. The second kappa shape index (κ2) is 1.97. The maximum atomic E-state index is 11.2. The number of carbonyl (C=O) groups is 1. The van der Waals surface area contributed by atoms with Gasteiger partial charge in [-0.1, -0.05) is 0 Å². The zero-order valence-corrected chi connectivity index (χ0v) is 6.84. The lowest BCUT2D eigenvalue weighted by molar-refractivity contribution is -0.127. The minimum Gasteiger partial charge on any atom is -0.368 e. The molecule has 2 N–H and O–H groups in total. The van der Waals surface area contributed by atoms with Gasteiger partial charge in [-0.05, 0) is 32.7 Å². The molecule has 2 bridgehead atoms. The Bertz CT molecular complexity index is 194. The van der Waals surface area contributed by atoms with E-state index in [0.29, 0.717) is 6.04 Å². The van der Waals surface area contributed by atoms with Crippen LogP contribution in [0.1, 0.15) is 25.7 Å². The molecule has 0 aliphatic carbocycles. The van der Waals surface area contributed by atoms with Gasteiger partial charge in [-0.15, -0.1) is 0 Å². The SMILES string of the molecule is CN1C2CCC1(C(N)=O)CC2. The fourth-order valence-corrected chi connectivity index (χ4v) is 2.59. The number of rotatable bonds is 1. The first-order valence-corrected chi connectivity index (χ1v) is 4.20. The third-order valence-electron chi connectivity index (χ3n) is 3.46. The van der Waals surface area contributed by atoms with Crippen LogP contribution in [0.15, 0.2) is 0 Å². The summed E-state index contributed by atoms with van der Waals surface area (Å²) in [5.41, 5.74) is 5.12. The molecular formula is C8H14N2O. The normalized spacial score (nSPS) is 43.2. The standard InChI is InChI=1S/C8H14N2O/c1-10-6-2-4-8(10,5-3-6)7(9)11/h6H,2-5H2,1H3,(H2,9,11). The fraction of sp³-hybridized carbons (Fsp3) is 0.875. The predicted octanol–water partition coefficient (Wildman–Crippen LogP) is 0.0985. The molecule has 1 amide bonds. The van der Waals surface area contributed by atoms with Crippen LogP contribution in [0.2, 0.25) is 0 Å². The molecule has 0 saturated carbocycles. The minimum atomic E-state index is -0.259. The van der Waals surface area contributed by atoms with Crippen LogP contribution in [-0.4, -0.2) is 29.4 Å². The summed E-state index contributed by atoms with van der Waals surface area (Å²) in [4.78, 5) is 13.3. The number of fused-ring (bicyclic) bond motifs is 2. The molecule has 2 saturated heterocycles. The third kappa shape index (κ3) is 0.692. The molecule has 0 aromatic rings. The summed E-state index contributed by atoms with van der Waals surface area (Å²) in [7, 11) is 2.02. The van der Waals surface area contributed by atoms with E-state index in [1.54, 1.807) is 0 Å². The van der Waals surface area contributed by atoms with Crippen molar-refractivity contribution in [3.05, 3.63) is 0 Å². The largest absolute Gasteiger partial charge is 0.368 e. The summed E-state index contributed by atoms with van der Waals surface area (Å²) in [5.74, 6) is -0.125. The summed E-state index contributed by atoms with van der Waals surface area (Å²) in [6, 6.07) is 0.627. The van der Waals surface area contributed by atoms with E-state index >= 15 is 0 Å². The number of nitrogens with two attached hydrogens (primary N) is 1. The van der Waals surface area contributed by atoms with Gasteiger partial charge in [0.2, 0.25) is 5.91 Å². The first-order chi connectivity index (χ1) is 5.17. The second-order valence-electron chi connectivity index (χ2n) is 3.74. The van der Waals surface area contributed by atoms with Crippen LogP contribution in [0.5, 0.6) is 0 Å². The highest BCUT2D eigenvalue weighted by atomic mass is 16.1. The van der Waals surface area contributed by atoms with E-state index < -0.39 is 0 Å². The zero-order chi connectivity index (χ0) is 8.06. The van der Waals surface area contributed by atoms with E-state index in [1.165, 1.54) is 0 Å². The lowest BCUT2D eigenvalue weighted by Crippen LogP contribution is -2.49. The van der Waals surface area contributed by atoms with Gasteiger partial charge < -0.3 is 5.73 Å². The van der Waals surface area contributed by atoms with Crippen molar-refractivity contribution in [2.75, 3.05) is 7.05 Å². The van der Waals surface area contributed by atoms with Crippen molar-refractivity contribution < 1.29 is 4.79 Å². The molecule has 0 unspecified atom stereocenters. The van der Waals surface area contributed by atoms with Gasteiger partial charge in [0.1, 0.15) is 5.54 Å². The van der Waals surface area contributed by atoms with Gasteiger partial charge in [0.25, 0.3) is 0 Å². The van der Waals surface area contributed by atoms with E-state index in [1.807, 2.05) is 7.05 Å². The van der Waals surface area contributed by atoms with E-state index in [2.05, 4.69) is 4.90 Å². The molecule has 2 fully saturated rings. The first kappa shape index (κ1) is 7.10. The molecule has 0 atom stereocenters. The van der Waals surface area contributed by atoms with Crippen LogP contribution in [0.4, 0.5) is 0 Å². The Hall–Kier alpha value is -0.570. The Morgan fingerprint density at radius 1 is 1.55 bits per heavy atom. The number of nitrogens with zero attached hydrogens (tertiary/aromatic N) is 1. The van der Waals surface area contributed by atoms with Gasteiger partial charge in [0.05, 0.1) is 0 Å². The molecule has 0 spiro atoms. The average molecular weight is 154 g/mol. The number of hydrogen-bond acceptors (Lipinski definition) is 2. The van der Waals surface area contributed by atoms with Gasteiger partial charge >= 0.3 is 0 Å². The molecule has 2 heterocycles. The minimum absolute atomic E-state index is 0.125. The number of hydrogen-bond donors (Lipinski definition) is 1. The first-order valence-electron chi connectivity index (χ1n) is 4.20. The number of primary amides is 1. The lowest BCUT2D eigenvalue weighted by Gasteiger charge is -2.27. The topological polar surface area (TPSA) is 46.3 Å². The molecule has 3 heteroatoms. The van der Waals surface area contributed by atoms with Crippen LogP contribution in [0.25, 0.3) is 0 Å². The van der Waals surface area contributed by atoms with Crippen molar-refractivity contribution in [3.8, 4) is 0 Å². The van der Waals surface area contributed by atoms with E-state index in [4.69, 9.17) is 5.73 Å². The van der Waals surface area contributed by atoms with Crippen molar-refractivity contribution in [1.82, 2.24) is 4.90 Å². The highest BCUT2D eigenvalue weighted by Gasteiger charge is 2.53. The smallest absolute Gasteiger partial charge is 0.237 e. The van der Waals surface area contributed by atoms with Crippen molar-refractivity contribution >= 4 is 5.91 Å². The Morgan fingerprint density at radius 2 is 2.09 bits per heavy atom. The Morgan fingerprint density at radius 3 is 2.27 bits per heavy atom. The Kier molecular flexibility index (Phi) is 1.27. The van der Waals surface area contributed by atoms with Gasteiger partial charge in [-0.25, -0.2) is 0 Å². The summed E-state index contributed by atoms with van der Waals surface area (Å²) < 4.78 is 0. The van der Waals surface area contributed by atoms with Gasteiger partial charge in [-0.2, -0.15) is 0 Å². The maximum Gasteiger partial charge on any atom is 0.237 e. The molecule has 2 aliphatic heterocycles. The van der Waals surface area contributed by atoms with Crippen LogP contribution >= 0.6 is 0 Å². The molecule has 2 aliphatic rings. The van der Waals surface area contributed by atoms with E-state index in [0.717, 1.165) is 25.7 Å². The van der Waals surface area contributed by atoms with E-state index in [9.17, 15) is 4.79 Å². The molecule has 62 valence electrons. The van der Waals surface area contributed by atoms with Gasteiger partial charge in [0, 0.05) is 6.04 Å². The predicted molar refractivity (Wildman–Crippen MR) is 41.9 cm³/mol. The van der Waals surface area contributed by atoms with Crippen LogP contribution < -0.4 is 5.73 Å². The molecule has 0 aromatic heterocycles. The monoisotopic (exact) mass is 154 g/mol. The molecule has 2 rings (SSSR count).